The molecular weight excluding hydrogens is 355 g/mol. The number of carbonyl (C=O) groups excluding carboxylic acids is 1. The molecule has 144 valence electrons. The van der Waals surface area contributed by atoms with E-state index in [9.17, 15) is 9.18 Å². The van der Waals surface area contributed by atoms with Gasteiger partial charge < -0.3 is 10.6 Å². The van der Waals surface area contributed by atoms with Gasteiger partial charge in [0.1, 0.15) is 5.82 Å². The Morgan fingerprint density at radius 2 is 1.86 bits per heavy atom. The smallest absolute Gasteiger partial charge is 0.259 e. The highest BCUT2D eigenvalue weighted by Crippen LogP contribution is 2.31. The highest BCUT2D eigenvalue weighted by atomic mass is 19.1. The van der Waals surface area contributed by atoms with Gasteiger partial charge in [0.2, 0.25) is 0 Å². The van der Waals surface area contributed by atoms with Crippen molar-refractivity contribution in [2.75, 3.05) is 18.4 Å². The SMILES string of the molecule is Cc1ccc(-n2ncc(C(=O)Nc3ccccc3F)c2C2CCNCC2)cc1. The molecule has 4 rings (SSSR count). The zero-order chi connectivity index (χ0) is 19.5. The quantitative estimate of drug-likeness (QED) is 0.720. The molecular formula is C22H23FN4O. The van der Waals surface area contributed by atoms with Gasteiger partial charge in [0.05, 0.1) is 28.8 Å². The summed E-state index contributed by atoms with van der Waals surface area (Å²) in [6.45, 7) is 3.84. The molecule has 1 aromatic heterocycles. The fourth-order valence-electron chi connectivity index (χ4n) is 3.67. The second kappa shape index (κ2) is 7.94. The maximum Gasteiger partial charge on any atom is 0.259 e. The third kappa shape index (κ3) is 3.68. The summed E-state index contributed by atoms with van der Waals surface area (Å²) < 4.78 is 15.8. The molecule has 1 fully saturated rings. The van der Waals surface area contributed by atoms with Crippen molar-refractivity contribution in [2.45, 2.75) is 25.7 Å². The number of benzene rings is 2. The first-order valence-electron chi connectivity index (χ1n) is 9.55. The Balaban J connectivity index is 1.73. The van der Waals surface area contributed by atoms with Crippen LogP contribution in [-0.4, -0.2) is 28.8 Å². The van der Waals surface area contributed by atoms with Crippen LogP contribution in [0, 0.1) is 12.7 Å². The second-order valence-electron chi connectivity index (χ2n) is 7.15. The number of hydrogen-bond donors (Lipinski definition) is 2. The molecule has 5 nitrogen and oxygen atoms in total. The molecule has 6 heteroatoms. The minimum atomic E-state index is -0.454. The van der Waals surface area contributed by atoms with E-state index in [1.54, 1.807) is 24.4 Å². The van der Waals surface area contributed by atoms with E-state index in [0.29, 0.717) is 5.56 Å². The summed E-state index contributed by atoms with van der Waals surface area (Å²) in [5.74, 6) is -0.575. The predicted octanol–water partition coefficient (Wildman–Crippen LogP) is 4.04. The topological polar surface area (TPSA) is 59.0 Å². The zero-order valence-corrected chi connectivity index (χ0v) is 15.8. The number of aryl methyl sites for hydroxylation is 1. The zero-order valence-electron chi connectivity index (χ0n) is 15.8. The molecule has 3 aromatic rings. The summed E-state index contributed by atoms with van der Waals surface area (Å²) in [5, 5.41) is 10.6. The van der Waals surface area contributed by atoms with Crippen molar-refractivity contribution in [3.8, 4) is 5.69 Å². The molecule has 0 radical (unpaired) electrons. The van der Waals surface area contributed by atoms with Crippen LogP contribution in [0.1, 0.15) is 40.4 Å². The van der Waals surface area contributed by atoms with Gasteiger partial charge in [-0.3, -0.25) is 4.79 Å². The number of halogens is 1. The van der Waals surface area contributed by atoms with Crippen LogP contribution >= 0.6 is 0 Å². The molecule has 1 amide bonds. The molecule has 1 aliphatic rings. The van der Waals surface area contributed by atoms with E-state index >= 15 is 0 Å². The Labute approximate surface area is 163 Å². The second-order valence-corrected chi connectivity index (χ2v) is 7.15. The molecule has 0 atom stereocenters. The third-order valence-electron chi connectivity index (χ3n) is 5.18. The first-order chi connectivity index (χ1) is 13.6. The fraction of sp³-hybridized carbons (Fsp3) is 0.273. The van der Waals surface area contributed by atoms with Gasteiger partial charge in [-0.2, -0.15) is 5.10 Å². The van der Waals surface area contributed by atoms with Crippen LogP contribution < -0.4 is 10.6 Å². The molecule has 0 bridgehead atoms. The van der Waals surface area contributed by atoms with E-state index in [4.69, 9.17) is 0 Å². The lowest BCUT2D eigenvalue weighted by Crippen LogP contribution is -2.29. The van der Waals surface area contributed by atoms with Gasteiger partial charge in [-0.25, -0.2) is 9.07 Å². The van der Waals surface area contributed by atoms with Crippen molar-refractivity contribution in [1.29, 1.82) is 0 Å². The van der Waals surface area contributed by atoms with Crippen molar-refractivity contribution < 1.29 is 9.18 Å². The monoisotopic (exact) mass is 378 g/mol. The van der Waals surface area contributed by atoms with E-state index in [2.05, 4.69) is 15.7 Å². The van der Waals surface area contributed by atoms with E-state index in [1.165, 1.54) is 6.07 Å². The lowest BCUT2D eigenvalue weighted by molar-refractivity contribution is 0.102. The van der Waals surface area contributed by atoms with Crippen molar-refractivity contribution in [3.05, 3.63) is 77.4 Å². The maximum absolute atomic E-state index is 14.0. The lowest BCUT2D eigenvalue weighted by Gasteiger charge is -2.24. The van der Waals surface area contributed by atoms with Gasteiger partial charge in [-0.15, -0.1) is 0 Å². The van der Waals surface area contributed by atoms with Crippen LogP contribution in [0.25, 0.3) is 5.69 Å². The number of para-hydroxylation sites is 1. The largest absolute Gasteiger partial charge is 0.319 e. The molecule has 1 saturated heterocycles. The molecule has 0 saturated carbocycles. The molecule has 0 spiro atoms. The normalized spacial score (nSPS) is 14.8. The molecule has 2 aromatic carbocycles. The van der Waals surface area contributed by atoms with Crippen molar-refractivity contribution in [2.24, 2.45) is 0 Å². The van der Waals surface area contributed by atoms with Gasteiger partial charge in [0, 0.05) is 5.92 Å². The molecule has 28 heavy (non-hydrogen) atoms. The summed E-state index contributed by atoms with van der Waals surface area (Å²) in [7, 11) is 0. The minimum absolute atomic E-state index is 0.173. The average molecular weight is 378 g/mol. The number of carbonyl (C=O) groups is 1. The predicted molar refractivity (Wildman–Crippen MR) is 107 cm³/mol. The van der Waals surface area contributed by atoms with Crippen molar-refractivity contribution in [3.63, 3.8) is 0 Å². The van der Waals surface area contributed by atoms with Gasteiger partial charge in [-0.1, -0.05) is 29.8 Å². The Hall–Kier alpha value is -2.99. The molecule has 0 aliphatic carbocycles. The third-order valence-corrected chi connectivity index (χ3v) is 5.18. The number of rotatable bonds is 4. The summed E-state index contributed by atoms with van der Waals surface area (Å²) in [6.07, 6.45) is 3.45. The lowest BCUT2D eigenvalue weighted by atomic mass is 9.91. The first kappa shape index (κ1) is 18.4. The number of amides is 1. The number of hydrogen-bond acceptors (Lipinski definition) is 3. The molecule has 0 unspecified atom stereocenters. The number of piperidine rings is 1. The van der Waals surface area contributed by atoms with Crippen LogP contribution in [0.2, 0.25) is 0 Å². The highest BCUT2D eigenvalue weighted by Gasteiger charge is 2.27. The summed E-state index contributed by atoms with van der Waals surface area (Å²) in [5.41, 5.74) is 3.64. The molecule has 1 aliphatic heterocycles. The molecule has 2 heterocycles. The fourth-order valence-corrected chi connectivity index (χ4v) is 3.67. The van der Waals surface area contributed by atoms with Crippen molar-refractivity contribution >= 4 is 11.6 Å². The Bertz CT molecular complexity index is 974. The summed E-state index contributed by atoms with van der Waals surface area (Å²) >= 11 is 0. The summed E-state index contributed by atoms with van der Waals surface area (Å²) in [4.78, 5) is 13.0. The maximum atomic E-state index is 14.0. The standard InChI is InChI=1S/C22H23FN4O/c1-15-6-8-17(9-7-15)27-21(16-10-12-24-13-11-16)18(14-25-27)22(28)26-20-5-3-2-4-19(20)23/h2-9,14,16,24H,10-13H2,1H3,(H,26,28). The number of nitrogens with one attached hydrogen (secondary N) is 2. The molecule has 2 N–H and O–H groups in total. The first-order valence-corrected chi connectivity index (χ1v) is 9.55. The Morgan fingerprint density at radius 3 is 2.57 bits per heavy atom. The van der Waals surface area contributed by atoms with E-state index in [-0.39, 0.29) is 17.5 Å². The van der Waals surface area contributed by atoms with Crippen LogP contribution in [0.15, 0.2) is 54.7 Å². The Morgan fingerprint density at radius 1 is 1.14 bits per heavy atom. The minimum Gasteiger partial charge on any atom is -0.319 e. The highest BCUT2D eigenvalue weighted by molar-refractivity contribution is 6.05. The van der Waals surface area contributed by atoms with E-state index in [1.807, 2.05) is 35.9 Å². The number of aromatic nitrogens is 2. The van der Waals surface area contributed by atoms with Gasteiger partial charge in [0.25, 0.3) is 5.91 Å². The average Bonchev–Trinajstić information content (AvgIpc) is 3.16. The van der Waals surface area contributed by atoms with Crippen LogP contribution in [-0.2, 0) is 0 Å². The van der Waals surface area contributed by atoms with Crippen LogP contribution in [0.4, 0.5) is 10.1 Å². The van der Waals surface area contributed by atoms with Gasteiger partial charge in [-0.05, 0) is 57.1 Å². The van der Waals surface area contributed by atoms with Crippen LogP contribution in [0.5, 0.6) is 0 Å². The summed E-state index contributed by atoms with van der Waals surface area (Å²) in [6, 6.07) is 14.3. The number of nitrogens with zero attached hydrogens (tertiary/aromatic N) is 2. The van der Waals surface area contributed by atoms with Crippen molar-refractivity contribution in [1.82, 2.24) is 15.1 Å². The number of anilines is 1. The Kier molecular flexibility index (Phi) is 5.21. The van der Waals surface area contributed by atoms with Crippen LogP contribution in [0.3, 0.4) is 0 Å². The van der Waals surface area contributed by atoms with E-state index in [0.717, 1.165) is 42.9 Å². The van der Waals surface area contributed by atoms with Gasteiger partial charge in [0.15, 0.2) is 0 Å². The van der Waals surface area contributed by atoms with E-state index < -0.39 is 5.82 Å². The van der Waals surface area contributed by atoms with Gasteiger partial charge >= 0.3 is 0 Å².